The van der Waals surface area contributed by atoms with Crippen LogP contribution in [0.15, 0.2) is 6.20 Å². The van der Waals surface area contributed by atoms with Crippen LogP contribution in [0.2, 0.25) is 0 Å². The SMILES string of the molecule is CCN(CC)C(=O)c1cn([C@H]2CCCN(CC(C)C)C2)nn1. The molecule has 0 saturated carbocycles. The molecule has 1 amide bonds. The number of rotatable bonds is 6. The van der Waals surface area contributed by atoms with Crippen molar-refractivity contribution in [2.24, 2.45) is 5.92 Å². The second-order valence-corrected chi connectivity index (χ2v) is 6.51. The van der Waals surface area contributed by atoms with Gasteiger partial charge in [-0.1, -0.05) is 19.1 Å². The van der Waals surface area contributed by atoms with Crippen LogP contribution in [0.4, 0.5) is 0 Å². The lowest BCUT2D eigenvalue weighted by molar-refractivity contribution is 0.0767. The van der Waals surface area contributed by atoms with E-state index in [2.05, 4.69) is 29.1 Å². The zero-order chi connectivity index (χ0) is 16.1. The van der Waals surface area contributed by atoms with Crippen molar-refractivity contribution < 1.29 is 4.79 Å². The molecule has 0 N–H and O–H groups in total. The topological polar surface area (TPSA) is 54.3 Å². The van der Waals surface area contributed by atoms with Crippen LogP contribution in [-0.4, -0.2) is 63.4 Å². The van der Waals surface area contributed by atoms with Crippen LogP contribution in [-0.2, 0) is 0 Å². The normalized spacial score (nSPS) is 19.6. The van der Waals surface area contributed by atoms with Gasteiger partial charge in [0.1, 0.15) is 0 Å². The molecule has 0 unspecified atom stereocenters. The van der Waals surface area contributed by atoms with Crippen LogP contribution in [0.5, 0.6) is 0 Å². The van der Waals surface area contributed by atoms with E-state index in [-0.39, 0.29) is 5.91 Å². The summed E-state index contributed by atoms with van der Waals surface area (Å²) in [6, 6.07) is 0.332. The van der Waals surface area contributed by atoms with Gasteiger partial charge in [-0.3, -0.25) is 4.79 Å². The largest absolute Gasteiger partial charge is 0.338 e. The lowest BCUT2D eigenvalue weighted by Crippen LogP contribution is -2.38. The summed E-state index contributed by atoms with van der Waals surface area (Å²) >= 11 is 0. The van der Waals surface area contributed by atoms with Crippen molar-refractivity contribution in [3.8, 4) is 0 Å². The van der Waals surface area contributed by atoms with E-state index in [9.17, 15) is 4.79 Å². The summed E-state index contributed by atoms with van der Waals surface area (Å²) in [4.78, 5) is 16.6. The zero-order valence-electron chi connectivity index (χ0n) is 14.3. The van der Waals surface area contributed by atoms with Gasteiger partial charge in [0.15, 0.2) is 5.69 Å². The van der Waals surface area contributed by atoms with Gasteiger partial charge >= 0.3 is 0 Å². The number of carbonyl (C=O) groups is 1. The van der Waals surface area contributed by atoms with Gasteiger partial charge < -0.3 is 9.80 Å². The molecular weight excluding hydrogens is 278 g/mol. The smallest absolute Gasteiger partial charge is 0.276 e. The second kappa shape index (κ2) is 7.72. The summed E-state index contributed by atoms with van der Waals surface area (Å²) < 4.78 is 1.89. The molecule has 0 bridgehead atoms. The number of likely N-dealkylation sites (tertiary alicyclic amines) is 1. The summed E-state index contributed by atoms with van der Waals surface area (Å²) in [5, 5.41) is 8.32. The van der Waals surface area contributed by atoms with E-state index < -0.39 is 0 Å². The molecule has 1 aromatic rings. The molecule has 1 aliphatic rings. The van der Waals surface area contributed by atoms with Gasteiger partial charge in [0.25, 0.3) is 5.91 Å². The molecule has 0 aromatic carbocycles. The standard InChI is InChI=1S/C16H29N5O/c1-5-20(6-2)16(22)15-12-21(18-17-15)14-8-7-9-19(11-14)10-13(3)4/h12-14H,5-11H2,1-4H3/t14-/m0/s1. The predicted molar refractivity (Wildman–Crippen MR) is 86.8 cm³/mol. The van der Waals surface area contributed by atoms with Crippen molar-refractivity contribution in [2.75, 3.05) is 32.7 Å². The number of carbonyl (C=O) groups excluding carboxylic acids is 1. The van der Waals surface area contributed by atoms with Crippen LogP contribution >= 0.6 is 0 Å². The van der Waals surface area contributed by atoms with Gasteiger partial charge in [-0.05, 0) is 39.2 Å². The lowest BCUT2D eigenvalue weighted by Gasteiger charge is -2.33. The Morgan fingerprint density at radius 2 is 2.14 bits per heavy atom. The fraction of sp³-hybridized carbons (Fsp3) is 0.812. The number of nitrogens with zero attached hydrogens (tertiary/aromatic N) is 5. The molecule has 1 fully saturated rings. The van der Waals surface area contributed by atoms with Crippen molar-refractivity contribution in [1.82, 2.24) is 24.8 Å². The van der Waals surface area contributed by atoms with E-state index in [1.54, 1.807) is 4.90 Å². The Morgan fingerprint density at radius 3 is 2.77 bits per heavy atom. The third kappa shape index (κ3) is 4.06. The minimum atomic E-state index is -0.0221. The first kappa shape index (κ1) is 16.9. The van der Waals surface area contributed by atoms with Crippen molar-refractivity contribution >= 4 is 5.91 Å². The summed E-state index contributed by atoms with van der Waals surface area (Å²) in [5.41, 5.74) is 0.463. The van der Waals surface area contributed by atoms with Gasteiger partial charge in [-0.25, -0.2) is 4.68 Å². The van der Waals surface area contributed by atoms with Crippen molar-refractivity contribution in [2.45, 2.75) is 46.6 Å². The molecule has 6 nitrogen and oxygen atoms in total. The minimum absolute atomic E-state index is 0.0221. The van der Waals surface area contributed by atoms with Gasteiger partial charge in [0.05, 0.1) is 12.2 Å². The number of aromatic nitrogens is 3. The number of hydrogen-bond acceptors (Lipinski definition) is 4. The van der Waals surface area contributed by atoms with Crippen molar-refractivity contribution in [3.63, 3.8) is 0 Å². The Labute approximate surface area is 133 Å². The van der Waals surface area contributed by atoms with Gasteiger partial charge in [0.2, 0.25) is 0 Å². The lowest BCUT2D eigenvalue weighted by atomic mass is 10.0. The van der Waals surface area contributed by atoms with Crippen LogP contribution in [0.1, 0.15) is 57.1 Å². The van der Waals surface area contributed by atoms with Gasteiger partial charge in [-0.2, -0.15) is 0 Å². The zero-order valence-corrected chi connectivity index (χ0v) is 14.3. The van der Waals surface area contributed by atoms with Crippen LogP contribution in [0.25, 0.3) is 0 Å². The number of amides is 1. The molecule has 1 aliphatic heterocycles. The predicted octanol–water partition coefficient (Wildman–Crippen LogP) is 2.05. The first-order valence-corrected chi connectivity index (χ1v) is 8.48. The van der Waals surface area contributed by atoms with E-state index >= 15 is 0 Å². The summed E-state index contributed by atoms with van der Waals surface area (Å²) in [6.45, 7) is 13.2. The maximum Gasteiger partial charge on any atom is 0.276 e. The highest BCUT2D eigenvalue weighted by Crippen LogP contribution is 2.21. The molecule has 0 aliphatic carbocycles. The molecular formula is C16H29N5O. The third-order valence-corrected chi connectivity index (χ3v) is 4.26. The Morgan fingerprint density at radius 1 is 1.41 bits per heavy atom. The maximum atomic E-state index is 12.3. The van der Waals surface area contributed by atoms with E-state index in [4.69, 9.17) is 0 Å². The molecule has 124 valence electrons. The molecule has 2 heterocycles. The molecule has 0 radical (unpaired) electrons. The fourth-order valence-electron chi connectivity index (χ4n) is 3.16. The molecule has 2 rings (SSSR count). The maximum absolute atomic E-state index is 12.3. The Hall–Kier alpha value is -1.43. The van der Waals surface area contributed by atoms with Gasteiger partial charge in [-0.15, -0.1) is 5.10 Å². The van der Waals surface area contributed by atoms with Crippen LogP contribution in [0.3, 0.4) is 0 Å². The minimum Gasteiger partial charge on any atom is -0.338 e. The van der Waals surface area contributed by atoms with E-state index in [0.717, 1.165) is 26.1 Å². The van der Waals surface area contributed by atoms with Gasteiger partial charge in [0, 0.05) is 26.2 Å². The highest BCUT2D eigenvalue weighted by atomic mass is 16.2. The summed E-state index contributed by atoms with van der Waals surface area (Å²) in [7, 11) is 0. The molecule has 1 saturated heterocycles. The quantitative estimate of drug-likeness (QED) is 0.807. The first-order valence-electron chi connectivity index (χ1n) is 8.48. The monoisotopic (exact) mass is 307 g/mol. The summed E-state index contributed by atoms with van der Waals surface area (Å²) in [6.07, 6.45) is 4.11. The van der Waals surface area contributed by atoms with Crippen LogP contribution < -0.4 is 0 Å². The summed E-state index contributed by atoms with van der Waals surface area (Å²) in [5.74, 6) is 0.653. The highest BCUT2D eigenvalue weighted by molar-refractivity contribution is 5.91. The third-order valence-electron chi connectivity index (χ3n) is 4.26. The van der Waals surface area contributed by atoms with Crippen LogP contribution in [0, 0.1) is 5.92 Å². The van der Waals surface area contributed by atoms with Crippen molar-refractivity contribution in [3.05, 3.63) is 11.9 Å². The van der Waals surface area contributed by atoms with E-state index in [1.165, 1.54) is 6.42 Å². The average molecular weight is 307 g/mol. The molecule has 0 spiro atoms. The number of hydrogen-bond donors (Lipinski definition) is 0. The fourth-order valence-corrected chi connectivity index (χ4v) is 3.16. The second-order valence-electron chi connectivity index (χ2n) is 6.51. The van der Waals surface area contributed by atoms with E-state index in [0.29, 0.717) is 30.7 Å². The van der Waals surface area contributed by atoms with Crippen molar-refractivity contribution in [1.29, 1.82) is 0 Å². The molecule has 1 atom stereocenters. The Balaban J connectivity index is 2.03. The van der Waals surface area contributed by atoms with E-state index in [1.807, 2.05) is 24.7 Å². The first-order chi connectivity index (χ1) is 10.5. The molecule has 22 heavy (non-hydrogen) atoms. The number of piperidine rings is 1. The highest BCUT2D eigenvalue weighted by Gasteiger charge is 2.24. The average Bonchev–Trinajstić information content (AvgIpc) is 2.98. The Bertz CT molecular complexity index is 481. The Kier molecular flexibility index (Phi) is 5.94. The molecule has 1 aromatic heterocycles. The molecule has 6 heteroatoms.